The molecule has 2 heterocycles. The lowest BCUT2D eigenvalue weighted by Crippen LogP contribution is -2.16. The second-order valence-electron chi connectivity index (χ2n) is 5.74. The average Bonchev–Trinajstić information content (AvgIpc) is 2.96. The summed E-state index contributed by atoms with van der Waals surface area (Å²) in [5, 5.41) is 0. The summed E-state index contributed by atoms with van der Waals surface area (Å²) in [4.78, 5) is 9.28. The van der Waals surface area contributed by atoms with Gasteiger partial charge in [-0.2, -0.15) is 0 Å². The Hall–Kier alpha value is -0.610. The van der Waals surface area contributed by atoms with Crippen LogP contribution < -0.4 is 0 Å². The molecule has 0 aliphatic heterocycles. The predicted molar refractivity (Wildman–Crippen MR) is 86.2 cm³/mol. The van der Waals surface area contributed by atoms with Crippen molar-refractivity contribution in [3.05, 3.63) is 22.6 Å². The largest absolute Gasteiger partial charge is 0.312 e. The highest BCUT2D eigenvalue weighted by Gasteiger charge is 2.25. The molecule has 2 aromatic rings. The van der Waals surface area contributed by atoms with E-state index in [1.807, 2.05) is 12.3 Å². The molecule has 1 aliphatic carbocycles. The number of hydrogen-bond donors (Lipinski definition) is 0. The van der Waals surface area contributed by atoms with Gasteiger partial charge in [0, 0.05) is 29.5 Å². The summed E-state index contributed by atoms with van der Waals surface area (Å²) < 4.78 is 3.26. The van der Waals surface area contributed by atoms with Crippen molar-refractivity contribution in [1.29, 1.82) is 0 Å². The van der Waals surface area contributed by atoms with Gasteiger partial charge in [-0.3, -0.25) is 0 Å². The zero-order valence-electron chi connectivity index (χ0n) is 11.6. The third kappa shape index (κ3) is 2.73. The number of hydrogen-bond acceptors (Lipinski definition) is 2. The van der Waals surface area contributed by atoms with Crippen LogP contribution in [-0.4, -0.2) is 20.4 Å². The van der Waals surface area contributed by atoms with Crippen LogP contribution in [0, 0.1) is 11.8 Å². The van der Waals surface area contributed by atoms with E-state index in [0.717, 1.165) is 46.3 Å². The Balaban J connectivity index is 1.99. The van der Waals surface area contributed by atoms with E-state index in [-0.39, 0.29) is 0 Å². The van der Waals surface area contributed by atoms with Crippen LogP contribution >= 0.6 is 27.5 Å². The molecule has 2 aromatic heterocycles. The Morgan fingerprint density at radius 2 is 2.30 bits per heavy atom. The summed E-state index contributed by atoms with van der Waals surface area (Å²) in [5.41, 5.74) is 1.96. The highest BCUT2D eigenvalue weighted by Crippen LogP contribution is 2.33. The summed E-state index contributed by atoms with van der Waals surface area (Å²) in [6.45, 7) is 3.39. The standard InChI is InChI=1S/C15H19BrClN3/c1-10-3-2-4-11(10)9-20-14(5-6-17)19-13-7-12(16)8-18-15(13)20/h7-8,10-11H,2-6,9H2,1H3. The number of aryl methyl sites for hydroxylation is 1. The molecule has 0 spiro atoms. The molecule has 3 rings (SSSR count). The maximum atomic E-state index is 5.93. The molecule has 2 unspecified atom stereocenters. The average molecular weight is 357 g/mol. The van der Waals surface area contributed by atoms with Crippen LogP contribution in [0.4, 0.5) is 0 Å². The van der Waals surface area contributed by atoms with E-state index >= 15 is 0 Å². The minimum atomic E-state index is 0.602. The van der Waals surface area contributed by atoms with E-state index in [4.69, 9.17) is 16.6 Å². The molecule has 1 aliphatic rings. The zero-order valence-corrected chi connectivity index (χ0v) is 14.0. The van der Waals surface area contributed by atoms with Crippen molar-refractivity contribution in [2.24, 2.45) is 11.8 Å². The first kappa shape index (κ1) is 14.3. The fourth-order valence-corrected chi connectivity index (χ4v) is 3.72. The third-order valence-corrected chi connectivity index (χ3v) is 5.03. The first-order valence-corrected chi connectivity index (χ1v) is 8.58. The molecular weight excluding hydrogens is 338 g/mol. The van der Waals surface area contributed by atoms with Crippen molar-refractivity contribution in [2.45, 2.75) is 39.2 Å². The van der Waals surface area contributed by atoms with Crippen molar-refractivity contribution in [3.63, 3.8) is 0 Å². The van der Waals surface area contributed by atoms with E-state index in [1.165, 1.54) is 19.3 Å². The fraction of sp³-hybridized carbons (Fsp3) is 0.600. The maximum Gasteiger partial charge on any atom is 0.160 e. The summed E-state index contributed by atoms with van der Waals surface area (Å²) >= 11 is 9.39. The van der Waals surface area contributed by atoms with Gasteiger partial charge in [0.05, 0.1) is 0 Å². The molecule has 108 valence electrons. The Labute approximate surface area is 132 Å². The Bertz CT molecular complexity index is 610. The van der Waals surface area contributed by atoms with Crippen LogP contribution in [0.5, 0.6) is 0 Å². The molecule has 5 heteroatoms. The fourth-order valence-electron chi connectivity index (χ4n) is 3.23. The van der Waals surface area contributed by atoms with Crippen molar-refractivity contribution < 1.29 is 0 Å². The Morgan fingerprint density at radius 3 is 3.00 bits per heavy atom. The van der Waals surface area contributed by atoms with Gasteiger partial charge in [-0.15, -0.1) is 11.6 Å². The van der Waals surface area contributed by atoms with Crippen LogP contribution in [0.1, 0.15) is 32.0 Å². The van der Waals surface area contributed by atoms with Crippen LogP contribution in [0.25, 0.3) is 11.2 Å². The summed E-state index contributed by atoms with van der Waals surface area (Å²) in [5.74, 6) is 3.21. The van der Waals surface area contributed by atoms with Crippen molar-refractivity contribution in [2.75, 3.05) is 5.88 Å². The Kier molecular flexibility index (Phi) is 4.32. The summed E-state index contributed by atoms with van der Waals surface area (Å²) in [7, 11) is 0. The van der Waals surface area contributed by atoms with Gasteiger partial charge in [0.15, 0.2) is 5.65 Å². The topological polar surface area (TPSA) is 30.7 Å². The molecule has 2 atom stereocenters. The zero-order chi connectivity index (χ0) is 14.1. The second-order valence-corrected chi connectivity index (χ2v) is 7.04. The quantitative estimate of drug-likeness (QED) is 0.760. The molecule has 20 heavy (non-hydrogen) atoms. The highest BCUT2D eigenvalue weighted by molar-refractivity contribution is 9.10. The molecule has 0 aromatic carbocycles. The lowest BCUT2D eigenvalue weighted by molar-refractivity contribution is 0.363. The van der Waals surface area contributed by atoms with Gasteiger partial charge in [-0.1, -0.05) is 19.8 Å². The monoisotopic (exact) mass is 355 g/mol. The van der Waals surface area contributed by atoms with Gasteiger partial charge in [-0.05, 0) is 40.3 Å². The highest BCUT2D eigenvalue weighted by atomic mass is 79.9. The van der Waals surface area contributed by atoms with E-state index < -0.39 is 0 Å². The van der Waals surface area contributed by atoms with Gasteiger partial charge >= 0.3 is 0 Å². The van der Waals surface area contributed by atoms with Crippen molar-refractivity contribution >= 4 is 38.7 Å². The van der Waals surface area contributed by atoms with Gasteiger partial charge < -0.3 is 4.57 Å². The summed E-state index contributed by atoms with van der Waals surface area (Å²) in [6.07, 6.45) is 6.67. The minimum absolute atomic E-state index is 0.602. The second kappa shape index (κ2) is 6.02. The number of imidazole rings is 1. The normalized spacial score (nSPS) is 22.8. The molecule has 0 radical (unpaired) electrons. The number of pyridine rings is 1. The number of fused-ring (bicyclic) bond motifs is 1. The molecule has 0 bridgehead atoms. The minimum Gasteiger partial charge on any atom is -0.312 e. The number of rotatable bonds is 4. The lowest BCUT2D eigenvalue weighted by Gasteiger charge is -2.17. The molecular formula is C15H19BrClN3. The Morgan fingerprint density at radius 1 is 1.45 bits per heavy atom. The van der Waals surface area contributed by atoms with Gasteiger partial charge in [0.2, 0.25) is 0 Å². The van der Waals surface area contributed by atoms with Crippen molar-refractivity contribution in [1.82, 2.24) is 14.5 Å². The smallest absolute Gasteiger partial charge is 0.160 e. The predicted octanol–water partition coefficient (Wildman–Crippen LogP) is 4.41. The first-order valence-electron chi connectivity index (χ1n) is 7.25. The molecule has 0 saturated heterocycles. The molecule has 1 fully saturated rings. The van der Waals surface area contributed by atoms with Crippen molar-refractivity contribution in [3.8, 4) is 0 Å². The van der Waals surface area contributed by atoms with Crippen LogP contribution in [0.2, 0.25) is 0 Å². The van der Waals surface area contributed by atoms with E-state index in [1.54, 1.807) is 0 Å². The van der Waals surface area contributed by atoms with Crippen LogP contribution in [0.3, 0.4) is 0 Å². The SMILES string of the molecule is CC1CCCC1Cn1c(CCCl)nc2cc(Br)cnc21. The maximum absolute atomic E-state index is 5.93. The molecule has 1 saturated carbocycles. The third-order valence-electron chi connectivity index (χ3n) is 4.40. The van der Waals surface area contributed by atoms with Gasteiger partial charge in [0.25, 0.3) is 0 Å². The van der Waals surface area contributed by atoms with Crippen LogP contribution in [0.15, 0.2) is 16.7 Å². The van der Waals surface area contributed by atoms with Gasteiger partial charge in [0.1, 0.15) is 11.3 Å². The summed E-state index contributed by atoms with van der Waals surface area (Å²) in [6, 6.07) is 2.04. The van der Waals surface area contributed by atoms with E-state index in [0.29, 0.717) is 5.88 Å². The van der Waals surface area contributed by atoms with E-state index in [9.17, 15) is 0 Å². The van der Waals surface area contributed by atoms with Crippen LogP contribution in [-0.2, 0) is 13.0 Å². The number of alkyl halides is 1. The molecule has 0 amide bonds. The number of nitrogens with zero attached hydrogens (tertiary/aromatic N) is 3. The number of aromatic nitrogens is 3. The molecule has 3 nitrogen and oxygen atoms in total. The molecule has 0 N–H and O–H groups in total. The number of halogens is 2. The lowest BCUT2D eigenvalue weighted by atomic mass is 9.98. The van der Waals surface area contributed by atoms with Gasteiger partial charge in [-0.25, -0.2) is 9.97 Å². The first-order chi connectivity index (χ1) is 9.69. The van der Waals surface area contributed by atoms with E-state index in [2.05, 4.69) is 32.4 Å².